The van der Waals surface area contributed by atoms with E-state index in [1.807, 2.05) is 30.3 Å². The number of carboxylic acids is 1. The Balaban J connectivity index is 2.04. The number of carboxylic acid groups (broad SMARTS) is 1. The predicted octanol–water partition coefficient (Wildman–Crippen LogP) is 3.60. The van der Waals surface area contributed by atoms with Gasteiger partial charge in [0, 0.05) is 11.6 Å². The molecule has 1 N–H and O–H groups in total. The standard InChI is InChI=1S/C22H27NO5/c1-26-18-14-20(28-3)19(27-2)13-17(18)21(15-7-5-4-6-8-15)23-11-9-16(10-12-23)22(24)25/h4-8,13-14,16,21H,9-12H2,1-3H3,(H,24,25). The third-order valence-electron chi connectivity index (χ3n) is 5.39. The smallest absolute Gasteiger partial charge is 0.306 e. The van der Waals surface area contributed by atoms with Crippen LogP contribution in [0.4, 0.5) is 0 Å². The zero-order valence-corrected chi connectivity index (χ0v) is 16.6. The second-order valence-corrected chi connectivity index (χ2v) is 6.91. The number of hydrogen-bond acceptors (Lipinski definition) is 5. The molecule has 1 aliphatic heterocycles. The molecule has 3 rings (SSSR count). The molecule has 2 aromatic carbocycles. The maximum atomic E-state index is 11.4. The molecule has 0 aromatic heterocycles. The van der Waals surface area contributed by atoms with Gasteiger partial charge in [0.25, 0.3) is 0 Å². The summed E-state index contributed by atoms with van der Waals surface area (Å²) in [5.41, 5.74) is 2.10. The summed E-state index contributed by atoms with van der Waals surface area (Å²) in [5.74, 6) is 0.977. The molecule has 1 fully saturated rings. The molecule has 1 atom stereocenters. The van der Waals surface area contributed by atoms with E-state index in [0.29, 0.717) is 43.2 Å². The van der Waals surface area contributed by atoms with Crippen molar-refractivity contribution < 1.29 is 24.1 Å². The lowest BCUT2D eigenvalue weighted by Crippen LogP contribution is -2.39. The number of carbonyl (C=O) groups is 1. The average Bonchev–Trinajstić information content (AvgIpc) is 2.74. The molecule has 1 aliphatic rings. The Kier molecular flexibility index (Phi) is 6.41. The van der Waals surface area contributed by atoms with Gasteiger partial charge in [-0.3, -0.25) is 9.69 Å². The summed E-state index contributed by atoms with van der Waals surface area (Å²) in [4.78, 5) is 13.7. The van der Waals surface area contributed by atoms with Crippen LogP contribution in [0.2, 0.25) is 0 Å². The number of benzene rings is 2. The van der Waals surface area contributed by atoms with E-state index in [-0.39, 0.29) is 12.0 Å². The van der Waals surface area contributed by atoms with Crippen molar-refractivity contribution in [2.24, 2.45) is 5.92 Å². The van der Waals surface area contributed by atoms with Crippen LogP contribution in [-0.4, -0.2) is 50.4 Å². The highest BCUT2D eigenvalue weighted by molar-refractivity contribution is 5.70. The van der Waals surface area contributed by atoms with Gasteiger partial charge >= 0.3 is 5.97 Å². The lowest BCUT2D eigenvalue weighted by molar-refractivity contribution is -0.143. The third kappa shape index (κ3) is 4.07. The van der Waals surface area contributed by atoms with Crippen molar-refractivity contribution in [3.63, 3.8) is 0 Å². The van der Waals surface area contributed by atoms with Gasteiger partial charge in [-0.15, -0.1) is 0 Å². The van der Waals surface area contributed by atoms with Crippen molar-refractivity contribution in [1.29, 1.82) is 0 Å². The highest BCUT2D eigenvalue weighted by Gasteiger charge is 2.32. The molecule has 6 nitrogen and oxygen atoms in total. The van der Waals surface area contributed by atoms with Crippen LogP contribution in [0, 0.1) is 5.92 Å². The van der Waals surface area contributed by atoms with Crippen LogP contribution in [-0.2, 0) is 4.79 Å². The minimum Gasteiger partial charge on any atom is -0.496 e. The fraction of sp³-hybridized carbons (Fsp3) is 0.409. The zero-order chi connectivity index (χ0) is 20.1. The highest BCUT2D eigenvalue weighted by Crippen LogP contribution is 2.42. The van der Waals surface area contributed by atoms with Gasteiger partial charge in [-0.25, -0.2) is 0 Å². The fourth-order valence-corrected chi connectivity index (χ4v) is 3.89. The normalized spacial score (nSPS) is 16.4. The van der Waals surface area contributed by atoms with Gasteiger partial charge in [-0.2, -0.15) is 0 Å². The van der Waals surface area contributed by atoms with Crippen LogP contribution in [0.1, 0.15) is 30.0 Å². The van der Waals surface area contributed by atoms with Gasteiger partial charge in [0.05, 0.1) is 33.3 Å². The van der Waals surface area contributed by atoms with Crippen molar-refractivity contribution in [2.45, 2.75) is 18.9 Å². The Morgan fingerprint density at radius 3 is 2.07 bits per heavy atom. The lowest BCUT2D eigenvalue weighted by atomic mass is 9.90. The molecule has 1 heterocycles. The van der Waals surface area contributed by atoms with Crippen molar-refractivity contribution in [2.75, 3.05) is 34.4 Å². The predicted molar refractivity (Wildman–Crippen MR) is 106 cm³/mol. The number of ether oxygens (including phenoxy) is 3. The molecular formula is C22H27NO5. The van der Waals surface area contributed by atoms with Crippen molar-refractivity contribution in [1.82, 2.24) is 4.90 Å². The average molecular weight is 385 g/mol. The number of nitrogens with zero attached hydrogens (tertiary/aromatic N) is 1. The summed E-state index contributed by atoms with van der Waals surface area (Å²) in [5, 5.41) is 9.34. The zero-order valence-electron chi connectivity index (χ0n) is 16.6. The Morgan fingerprint density at radius 2 is 1.54 bits per heavy atom. The number of likely N-dealkylation sites (tertiary alicyclic amines) is 1. The first-order chi connectivity index (χ1) is 13.6. The molecule has 150 valence electrons. The number of piperidine rings is 1. The monoisotopic (exact) mass is 385 g/mol. The Hall–Kier alpha value is -2.73. The summed E-state index contributed by atoms with van der Waals surface area (Å²) in [7, 11) is 4.86. The molecular weight excluding hydrogens is 358 g/mol. The molecule has 0 amide bonds. The second kappa shape index (κ2) is 8.97. The van der Waals surface area contributed by atoms with E-state index < -0.39 is 5.97 Å². The van der Waals surface area contributed by atoms with Crippen LogP contribution >= 0.6 is 0 Å². The first-order valence-electron chi connectivity index (χ1n) is 9.40. The van der Waals surface area contributed by atoms with E-state index in [1.54, 1.807) is 21.3 Å². The maximum Gasteiger partial charge on any atom is 0.306 e. The van der Waals surface area contributed by atoms with Gasteiger partial charge in [0.1, 0.15) is 5.75 Å². The minimum absolute atomic E-state index is 0.0642. The van der Waals surface area contributed by atoms with E-state index >= 15 is 0 Å². The van der Waals surface area contributed by atoms with Crippen molar-refractivity contribution in [3.8, 4) is 17.2 Å². The number of rotatable bonds is 7. The van der Waals surface area contributed by atoms with Gasteiger partial charge in [0.2, 0.25) is 0 Å². The number of methoxy groups -OCH3 is 3. The highest BCUT2D eigenvalue weighted by atomic mass is 16.5. The molecule has 0 radical (unpaired) electrons. The Bertz CT molecular complexity index is 800. The second-order valence-electron chi connectivity index (χ2n) is 6.91. The quantitative estimate of drug-likeness (QED) is 0.785. The molecule has 6 heteroatoms. The largest absolute Gasteiger partial charge is 0.496 e. The van der Waals surface area contributed by atoms with Crippen LogP contribution < -0.4 is 14.2 Å². The van der Waals surface area contributed by atoms with E-state index in [4.69, 9.17) is 14.2 Å². The molecule has 2 aromatic rings. The first kappa shape index (κ1) is 20.0. The molecule has 0 aliphatic carbocycles. The molecule has 28 heavy (non-hydrogen) atoms. The Labute approximate surface area is 165 Å². The van der Waals surface area contributed by atoms with Crippen molar-refractivity contribution >= 4 is 5.97 Å². The summed E-state index contributed by atoms with van der Waals surface area (Å²) in [6, 6.07) is 13.9. The Morgan fingerprint density at radius 1 is 0.964 bits per heavy atom. The molecule has 1 unspecified atom stereocenters. The fourth-order valence-electron chi connectivity index (χ4n) is 3.89. The van der Waals surface area contributed by atoms with Crippen molar-refractivity contribution in [3.05, 3.63) is 53.6 Å². The SMILES string of the molecule is COc1cc(OC)c(C(c2ccccc2)N2CCC(C(=O)O)CC2)cc1OC. The third-order valence-corrected chi connectivity index (χ3v) is 5.39. The van der Waals surface area contributed by atoms with Gasteiger partial charge in [-0.1, -0.05) is 30.3 Å². The molecule has 1 saturated heterocycles. The molecule has 0 saturated carbocycles. The summed E-state index contributed by atoms with van der Waals surface area (Å²) in [6.07, 6.45) is 1.27. The van der Waals surface area contributed by atoms with Gasteiger partial charge in [0.15, 0.2) is 11.5 Å². The maximum absolute atomic E-state index is 11.4. The topological polar surface area (TPSA) is 68.2 Å². The summed E-state index contributed by atoms with van der Waals surface area (Å²) in [6.45, 7) is 1.40. The molecule has 0 bridgehead atoms. The number of aliphatic carboxylic acids is 1. The van der Waals surface area contributed by atoms with E-state index in [0.717, 1.165) is 11.1 Å². The van der Waals surface area contributed by atoms with Crippen LogP contribution in [0.15, 0.2) is 42.5 Å². The van der Waals surface area contributed by atoms with Gasteiger partial charge < -0.3 is 19.3 Å². The minimum atomic E-state index is -0.709. The summed E-state index contributed by atoms with van der Waals surface area (Å²) >= 11 is 0. The van der Waals surface area contributed by atoms with Crippen LogP contribution in [0.5, 0.6) is 17.2 Å². The van der Waals surface area contributed by atoms with Crippen LogP contribution in [0.3, 0.4) is 0 Å². The van der Waals surface area contributed by atoms with E-state index in [9.17, 15) is 9.90 Å². The van der Waals surface area contributed by atoms with Gasteiger partial charge in [-0.05, 0) is 37.6 Å². The van der Waals surface area contributed by atoms with Crippen LogP contribution in [0.25, 0.3) is 0 Å². The van der Waals surface area contributed by atoms with E-state index in [2.05, 4.69) is 17.0 Å². The first-order valence-corrected chi connectivity index (χ1v) is 9.40. The molecule has 0 spiro atoms. The summed E-state index contributed by atoms with van der Waals surface area (Å²) < 4.78 is 16.6. The van der Waals surface area contributed by atoms with E-state index in [1.165, 1.54) is 0 Å². The number of hydrogen-bond donors (Lipinski definition) is 1. The lowest BCUT2D eigenvalue weighted by Gasteiger charge is -2.37.